The van der Waals surface area contributed by atoms with Gasteiger partial charge in [0.05, 0.1) is 5.56 Å². The molecule has 0 saturated heterocycles. The molecule has 10 aromatic rings. The van der Waals surface area contributed by atoms with Crippen LogP contribution in [0.2, 0.25) is 0 Å². The lowest BCUT2D eigenvalue weighted by Crippen LogP contribution is -2.01. The van der Waals surface area contributed by atoms with E-state index in [0.29, 0.717) is 28.8 Å². The van der Waals surface area contributed by atoms with Crippen molar-refractivity contribution >= 4 is 60.5 Å². The minimum Gasteiger partial charge on any atom is -0.456 e. The number of hydrogen-bond acceptors (Lipinski definition) is 5. The number of rotatable bonds is 6. The first-order chi connectivity index (χ1) is 25.7. The molecule has 10 rings (SSSR count). The summed E-state index contributed by atoms with van der Waals surface area (Å²) in [6.45, 7) is 3.92. The van der Waals surface area contributed by atoms with Crippen molar-refractivity contribution in [2.45, 2.75) is 0 Å². The van der Waals surface area contributed by atoms with Crippen molar-refractivity contribution in [2.24, 2.45) is 0 Å². The molecule has 0 aliphatic carbocycles. The van der Waals surface area contributed by atoms with Gasteiger partial charge in [-0.05, 0) is 51.4 Å². The molecule has 7 aromatic carbocycles. The highest BCUT2D eigenvalue weighted by molar-refractivity contribution is 6.14. The molecule has 52 heavy (non-hydrogen) atoms. The molecule has 3 heterocycles. The average molecular weight is 668 g/mol. The van der Waals surface area contributed by atoms with Crippen molar-refractivity contribution in [2.75, 3.05) is 0 Å². The van der Waals surface area contributed by atoms with Gasteiger partial charge < -0.3 is 8.83 Å². The van der Waals surface area contributed by atoms with Crippen LogP contribution in [0.4, 0.5) is 0 Å². The molecular formula is C47H29N3O2. The highest BCUT2D eigenvalue weighted by Gasteiger charge is 2.24. The third kappa shape index (κ3) is 4.83. The first-order valence-corrected chi connectivity index (χ1v) is 17.2. The normalized spacial score (nSPS) is 11.8. The lowest BCUT2D eigenvalue weighted by molar-refractivity contribution is 0.605. The zero-order valence-corrected chi connectivity index (χ0v) is 28.0. The van der Waals surface area contributed by atoms with Crippen molar-refractivity contribution in [3.8, 4) is 45.3 Å². The molecule has 0 bridgehead atoms. The van der Waals surface area contributed by atoms with Crippen LogP contribution in [0, 0.1) is 0 Å². The van der Waals surface area contributed by atoms with Gasteiger partial charge in [0.2, 0.25) is 0 Å². The van der Waals surface area contributed by atoms with Crippen LogP contribution in [0.3, 0.4) is 0 Å². The van der Waals surface area contributed by atoms with Gasteiger partial charge in [0.15, 0.2) is 17.5 Å². The predicted molar refractivity (Wildman–Crippen MR) is 213 cm³/mol. The third-order valence-electron chi connectivity index (χ3n) is 9.71. The minimum atomic E-state index is 0.508. The van der Waals surface area contributed by atoms with Crippen LogP contribution >= 0.6 is 0 Å². The standard InChI is InChI=1S/C47H29N3O2/c1-2-3-21-41-43(42-36(18-12-23-40(42)51-41)38-20-11-19-37-35-17-9-10-22-39(35)52-44(37)38)47-49-45(30-14-5-4-6-15-30)48-46(50-47)32-26-27-34-31(28-32)25-24-29-13-7-8-16-33(29)34/h2-28H,1H2/b21-3-. The van der Waals surface area contributed by atoms with Gasteiger partial charge in [0.1, 0.15) is 22.5 Å². The average Bonchev–Trinajstić information content (AvgIpc) is 3.78. The molecular weight excluding hydrogens is 639 g/mol. The van der Waals surface area contributed by atoms with Crippen LogP contribution in [0.1, 0.15) is 5.76 Å². The Morgan fingerprint density at radius 3 is 2.04 bits per heavy atom. The maximum Gasteiger partial charge on any atom is 0.168 e. The molecule has 5 nitrogen and oxygen atoms in total. The smallest absolute Gasteiger partial charge is 0.168 e. The van der Waals surface area contributed by atoms with Gasteiger partial charge in [-0.15, -0.1) is 0 Å². The highest BCUT2D eigenvalue weighted by atomic mass is 16.3. The molecule has 3 aromatic heterocycles. The molecule has 0 aliphatic heterocycles. The van der Waals surface area contributed by atoms with E-state index in [9.17, 15) is 0 Å². The van der Waals surface area contributed by atoms with E-state index in [0.717, 1.165) is 60.5 Å². The predicted octanol–water partition coefficient (Wildman–Crippen LogP) is 12.7. The van der Waals surface area contributed by atoms with Crippen molar-refractivity contribution in [1.29, 1.82) is 0 Å². The molecule has 0 spiro atoms. The molecule has 5 heteroatoms. The van der Waals surface area contributed by atoms with Crippen LogP contribution in [0.25, 0.3) is 106 Å². The summed E-state index contributed by atoms with van der Waals surface area (Å²) in [5.41, 5.74) is 6.84. The molecule has 0 saturated carbocycles. The maximum absolute atomic E-state index is 6.61. The monoisotopic (exact) mass is 667 g/mol. The summed E-state index contributed by atoms with van der Waals surface area (Å²) in [6, 6.07) is 49.8. The summed E-state index contributed by atoms with van der Waals surface area (Å²) in [4.78, 5) is 15.5. The first-order valence-electron chi connectivity index (χ1n) is 17.2. The van der Waals surface area contributed by atoms with Gasteiger partial charge in [-0.2, -0.15) is 0 Å². The van der Waals surface area contributed by atoms with Crippen molar-refractivity contribution in [3.05, 3.63) is 170 Å². The Hall–Kier alpha value is -7.11. The lowest BCUT2D eigenvalue weighted by atomic mass is 9.96. The number of furan rings is 2. The third-order valence-corrected chi connectivity index (χ3v) is 9.71. The van der Waals surface area contributed by atoms with E-state index in [2.05, 4.69) is 91.5 Å². The molecule has 0 unspecified atom stereocenters. The van der Waals surface area contributed by atoms with Gasteiger partial charge in [-0.25, -0.2) is 15.0 Å². The van der Waals surface area contributed by atoms with Crippen LogP contribution in [0.15, 0.2) is 173 Å². The van der Waals surface area contributed by atoms with E-state index in [4.69, 9.17) is 23.8 Å². The molecule has 244 valence electrons. The molecule has 0 atom stereocenters. The summed E-state index contributed by atoms with van der Waals surface area (Å²) in [6.07, 6.45) is 5.52. The van der Waals surface area contributed by atoms with E-state index in [1.165, 1.54) is 16.2 Å². The van der Waals surface area contributed by atoms with E-state index in [-0.39, 0.29) is 0 Å². The zero-order valence-electron chi connectivity index (χ0n) is 28.0. The Kier molecular flexibility index (Phi) is 6.89. The second-order valence-electron chi connectivity index (χ2n) is 12.8. The highest BCUT2D eigenvalue weighted by Crippen LogP contribution is 2.44. The van der Waals surface area contributed by atoms with Gasteiger partial charge in [-0.3, -0.25) is 0 Å². The Morgan fingerprint density at radius 2 is 1.15 bits per heavy atom. The Labute approximate surface area is 298 Å². The van der Waals surface area contributed by atoms with E-state index in [1.807, 2.05) is 72.8 Å². The van der Waals surface area contributed by atoms with Crippen LogP contribution in [0.5, 0.6) is 0 Å². The van der Waals surface area contributed by atoms with Crippen LogP contribution in [-0.2, 0) is 0 Å². The fraction of sp³-hybridized carbons (Fsp3) is 0. The molecule has 0 aliphatic rings. The Balaban J connectivity index is 1.25. The van der Waals surface area contributed by atoms with Gasteiger partial charge in [-0.1, -0.05) is 146 Å². The van der Waals surface area contributed by atoms with Crippen molar-refractivity contribution in [3.63, 3.8) is 0 Å². The fourth-order valence-electron chi connectivity index (χ4n) is 7.33. The Morgan fingerprint density at radius 1 is 0.481 bits per heavy atom. The summed E-state index contributed by atoms with van der Waals surface area (Å²) in [5.74, 6) is 2.28. The number of benzene rings is 7. The minimum absolute atomic E-state index is 0.508. The van der Waals surface area contributed by atoms with Gasteiger partial charge in [0.25, 0.3) is 0 Å². The summed E-state index contributed by atoms with van der Waals surface area (Å²) in [5, 5.41) is 7.73. The second-order valence-corrected chi connectivity index (χ2v) is 12.8. The lowest BCUT2D eigenvalue weighted by Gasteiger charge is -2.11. The number of allylic oxidation sites excluding steroid dienone is 2. The van der Waals surface area contributed by atoms with Crippen molar-refractivity contribution < 1.29 is 8.83 Å². The van der Waals surface area contributed by atoms with Gasteiger partial charge in [0, 0.05) is 32.8 Å². The first kappa shape index (κ1) is 29.8. The molecule has 0 fully saturated rings. The number of para-hydroxylation sites is 2. The number of nitrogens with zero attached hydrogens (tertiary/aromatic N) is 3. The molecule has 0 N–H and O–H groups in total. The fourth-order valence-corrected chi connectivity index (χ4v) is 7.33. The van der Waals surface area contributed by atoms with Crippen LogP contribution < -0.4 is 0 Å². The van der Waals surface area contributed by atoms with Crippen molar-refractivity contribution in [1.82, 2.24) is 15.0 Å². The summed E-state index contributed by atoms with van der Waals surface area (Å²) >= 11 is 0. The maximum atomic E-state index is 6.61. The summed E-state index contributed by atoms with van der Waals surface area (Å²) < 4.78 is 13.1. The van der Waals surface area contributed by atoms with Crippen LogP contribution in [-0.4, -0.2) is 15.0 Å². The number of fused-ring (bicyclic) bond motifs is 7. The topological polar surface area (TPSA) is 65.0 Å². The second kappa shape index (κ2) is 12.0. The molecule has 0 radical (unpaired) electrons. The Bertz CT molecular complexity index is 3040. The zero-order chi connectivity index (χ0) is 34.6. The quantitative estimate of drug-likeness (QED) is 0.130. The molecule has 0 amide bonds. The number of hydrogen-bond donors (Lipinski definition) is 0. The number of aromatic nitrogens is 3. The summed E-state index contributed by atoms with van der Waals surface area (Å²) in [7, 11) is 0. The van der Waals surface area contributed by atoms with Gasteiger partial charge >= 0.3 is 0 Å². The van der Waals surface area contributed by atoms with E-state index >= 15 is 0 Å². The van der Waals surface area contributed by atoms with E-state index in [1.54, 1.807) is 6.08 Å². The largest absolute Gasteiger partial charge is 0.456 e. The SMILES string of the molecule is C=C/C=C\c1oc2cccc(-c3cccc4c3oc3ccccc34)c2c1-c1nc(-c2ccccc2)nc(-c2ccc3c(ccc4ccccc43)c2)n1. The van der Waals surface area contributed by atoms with E-state index < -0.39 is 0 Å².